The maximum absolute atomic E-state index is 16.3. The Morgan fingerprint density at radius 2 is 1.92 bits per heavy atom. The summed E-state index contributed by atoms with van der Waals surface area (Å²) in [4.78, 5) is 29.7. The molecular formula is C35H39FN6O5Si. The summed E-state index contributed by atoms with van der Waals surface area (Å²) in [6, 6.07) is 20.4. The molecule has 4 heterocycles. The van der Waals surface area contributed by atoms with Crippen molar-refractivity contribution in [3.63, 3.8) is 0 Å². The van der Waals surface area contributed by atoms with Gasteiger partial charge in [-0.05, 0) is 67.5 Å². The van der Waals surface area contributed by atoms with E-state index in [1.54, 1.807) is 42.0 Å². The van der Waals surface area contributed by atoms with Gasteiger partial charge in [-0.15, -0.1) is 5.10 Å². The lowest BCUT2D eigenvalue weighted by atomic mass is 9.82. The lowest BCUT2D eigenvalue weighted by Crippen LogP contribution is -2.45. The van der Waals surface area contributed by atoms with Gasteiger partial charge >= 0.3 is 0 Å². The largest absolute Gasteiger partial charge is 0.497 e. The smallest absolute Gasteiger partial charge is 0.279 e. The lowest BCUT2D eigenvalue weighted by molar-refractivity contribution is -0.146. The molecule has 1 amide bonds. The van der Waals surface area contributed by atoms with Gasteiger partial charge in [0.25, 0.3) is 11.5 Å². The van der Waals surface area contributed by atoms with Crippen molar-refractivity contribution in [1.29, 1.82) is 0 Å². The number of aliphatic hydroxyl groups excluding tert-OH is 1. The molecule has 2 N–H and O–H groups in total. The van der Waals surface area contributed by atoms with E-state index >= 15 is 4.11 Å². The number of carbonyl (C=O) groups is 1. The van der Waals surface area contributed by atoms with Gasteiger partial charge in [-0.3, -0.25) is 19.4 Å². The van der Waals surface area contributed by atoms with Crippen molar-refractivity contribution < 1.29 is 23.5 Å². The molecule has 0 bridgehead atoms. The molecule has 0 radical (unpaired) electrons. The first kappa shape index (κ1) is 32.0. The fourth-order valence-electron chi connectivity index (χ4n) is 7.73. The van der Waals surface area contributed by atoms with E-state index in [9.17, 15) is 14.7 Å². The average molecular weight is 671 g/mol. The monoisotopic (exact) mass is 670 g/mol. The third-order valence-corrected chi connectivity index (χ3v) is 12.3. The first-order valence-electron chi connectivity index (χ1n) is 16.2. The van der Waals surface area contributed by atoms with Crippen molar-refractivity contribution in [3.8, 4) is 11.4 Å². The molecule has 0 aliphatic carbocycles. The number of amides is 1. The van der Waals surface area contributed by atoms with Crippen LogP contribution in [0.3, 0.4) is 0 Å². The summed E-state index contributed by atoms with van der Waals surface area (Å²) in [5, 5.41) is 21.3. The van der Waals surface area contributed by atoms with E-state index in [0.717, 1.165) is 11.1 Å². The first-order valence-corrected chi connectivity index (χ1v) is 19.2. The number of fused-ring (bicyclic) bond motifs is 3. The number of rotatable bonds is 10. The topological polar surface area (TPSA) is 127 Å². The number of aromatic amines is 1. The van der Waals surface area contributed by atoms with Crippen LogP contribution in [-0.2, 0) is 34.6 Å². The Kier molecular flexibility index (Phi) is 8.08. The Morgan fingerprint density at radius 3 is 2.67 bits per heavy atom. The maximum Gasteiger partial charge on any atom is 0.279 e. The number of aromatic nitrogens is 5. The highest BCUT2D eigenvalue weighted by Gasteiger charge is 2.66. The van der Waals surface area contributed by atoms with E-state index in [0.29, 0.717) is 53.2 Å². The molecule has 1 saturated heterocycles. The summed E-state index contributed by atoms with van der Waals surface area (Å²) < 4.78 is 31.9. The molecule has 7 rings (SSSR count). The van der Waals surface area contributed by atoms with Crippen molar-refractivity contribution in [1.82, 2.24) is 24.8 Å². The molecular weight excluding hydrogens is 632 g/mol. The Hall–Kier alpha value is -4.59. The van der Waals surface area contributed by atoms with Gasteiger partial charge in [0, 0.05) is 42.8 Å². The van der Waals surface area contributed by atoms with Crippen LogP contribution in [0.5, 0.6) is 5.75 Å². The van der Waals surface area contributed by atoms with E-state index in [4.69, 9.17) is 9.47 Å². The second kappa shape index (κ2) is 12.1. The average Bonchev–Trinajstić information content (AvgIpc) is 3.80. The molecule has 2 aliphatic rings. The van der Waals surface area contributed by atoms with Crippen LogP contribution in [0.15, 0.2) is 77.7 Å². The van der Waals surface area contributed by atoms with Gasteiger partial charge in [0.05, 0.1) is 47.7 Å². The summed E-state index contributed by atoms with van der Waals surface area (Å²) in [6.07, 6.45) is 2.07. The summed E-state index contributed by atoms with van der Waals surface area (Å²) in [6.45, 7) is 5.91. The minimum atomic E-state index is -3.36. The fraction of sp³-hybridized carbons (Fsp3) is 0.371. The van der Waals surface area contributed by atoms with Crippen LogP contribution in [0.4, 0.5) is 9.80 Å². The molecule has 3 aromatic carbocycles. The standard InChI is InChI=1S/C35H39FN6O5Si/c1-22-32(48(3,4)36)31(14-16-40-21-24(15-17-43)37-39-40)47-35(22)28-19-26(46-2)12-13-30(28)41(34(35)45)20-23-8-7-9-25(18-23)42-33(44)27-10-5-6-11-29(27)38-42/h5-13,18-19,21-22,31-32,38,43H,14-17,20H2,1-4H3/t22-,31+,32-,35+/m1/s1. The molecule has 5 aromatic rings. The summed E-state index contributed by atoms with van der Waals surface area (Å²) in [5.41, 5.74) is 2.18. The zero-order chi connectivity index (χ0) is 33.8. The van der Waals surface area contributed by atoms with Crippen LogP contribution in [0.2, 0.25) is 18.6 Å². The Labute approximate surface area is 278 Å². The van der Waals surface area contributed by atoms with Gasteiger partial charge in [-0.1, -0.05) is 36.4 Å². The Morgan fingerprint density at radius 1 is 1.10 bits per heavy atom. The van der Waals surface area contributed by atoms with Crippen molar-refractivity contribution >= 4 is 30.9 Å². The molecule has 1 spiro atoms. The molecule has 2 aliphatic heterocycles. The molecule has 2 aromatic heterocycles. The third kappa shape index (κ3) is 5.26. The van der Waals surface area contributed by atoms with Crippen molar-refractivity contribution in [2.75, 3.05) is 18.6 Å². The van der Waals surface area contributed by atoms with Crippen molar-refractivity contribution in [2.24, 2.45) is 5.92 Å². The maximum atomic E-state index is 16.3. The number of ether oxygens (including phenoxy) is 2. The number of nitrogens with one attached hydrogen (secondary N) is 1. The number of hydrogen-bond acceptors (Lipinski definition) is 7. The van der Waals surface area contributed by atoms with Crippen molar-refractivity contribution in [2.45, 2.75) is 63.2 Å². The van der Waals surface area contributed by atoms with Gasteiger partial charge < -0.3 is 23.6 Å². The number of aliphatic hydroxyl groups is 1. The molecule has 13 heteroatoms. The predicted octanol–water partition coefficient (Wildman–Crippen LogP) is 4.87. The molecule has 1 fully saturated rings. The zero-order valence-electron chi connectivity index (χ0n) is 27.4. The van der Waals surface area contributed by atoms with Gasteiger partial charge in [0.2, 0.25) is 8.41 Å². The number of methoxy groups -OCH3 is 1. The van der Waals surface area contributed by atoms with E-state index in [1.807, 2.05) is 67.6 Å². The van der Waals surface area contributed by atoms with Gasteiger partial charge in [0.15, 0.2) is 5.60 Å². The van der Waals surface area contributed by atoms with Crippen molar-refractivity contribution in [3.05, 3.63) is 100 Å². The van der Waals surface area contributed by atoms with Crippen LogP contribution >= 0.6 is 0 Å². The normalized spacial score (nSPS) is 22.2. The second-order valence-electron chi connectivity index (χ2n) is 13.2. The minimum Gasteiger partial charge on any atom is -0.497 e. The predicted molar refractivity (Wildman–Crippen MR) is 182 cm³/mol. The number of para-hydroxylation sites is 1. The zero-order valence-corrected chi connectivity index (χ0v) is 28.4. The summed E-state index contributed by atoms with van der Waals surface area (Å²) in [5.74, 6) is -0.132. The van der Waals surface area contributed by atoms with Crippen LogP contribution in [0, 0.1) is 5.92 Å². The SMILES string of the molecule is COc1ccc2c(c1)[C@]1(O[C@@H](CCn3cc(CCO)nn3)[C@H]([Si](C)(C)F)[C@H]1C)C(=O)N2Cc1cccc(-n2[nH]c3ccccc3c2=O)c1. The van der Waals surface area contributed by atoms with Crippen LogP contribution < -0.4 is 15.2 Å². The third-order valence-electron chi connectivity index (χ3n) is 9.87. The van der Waals surface area contributed by atoms with Gasteiger partial charge in [0.1, 0.15) is 5.75 Å². The Balaban J connectivity index is 1.24. The highest BCUT2D eigenvalue weighted by atomic mass is 28.4. The number of aryl methyl sites for hydroxylation is 1. The quantitative estimate of drug-likeness (QED) is 0.160. The van der Waals surface area contributed by atoms with Gasteiger partial charge in [-0.2, -0.15) is 0 Å². The first-order chi connectivity index (χ1) is 23.0. The number of hydrogen-bond donors (Lipinski definition) is 2. The number of H-pyrrole nitrogens is 1. The van der Waals surface area contributed by atoms with Crippen LogP contribution in [0.25, 0.3) is 16.6 Å². The second-order valence-corrected chi connectivity index (χ2v) is 17.0. The highest BCUT2D eigenvalue weighted by Crippen LogP contribution is 2.60. The molecule has 4 atom stereocenters. The Bertz CT molecular complexity index is 2050. The number of anilines is 1. The molecule has 0 saturated carbocycles. The number of carbonyl (C=O) groups excluding carboxylic acids is 1. The van der Waals surface area contributed by atoms with Crippen LogP contribution in [-0.4, -0.2) is 64.0 Å². The molecule has 0 unspecified atom stereocenters. The summed E-state index contributed by atoms with van der Waals surface area (Å²) >= 11 is 0. The summed E-state index contributed by atoms with van der Waals surface area (Å²) in [7, 11) is -1.79. The van der Waals surface area contributed by atoms with Gasteiger partial charge in [-0.25, -0.2) is 4.68 Å². The van der Waals surface area contributed by atoms with E-state index in [-0.39, 0.29) is 24.6 Å². The number of nitrogens with zero attached hydrogens (tertiary/aromatic N) is 5. The highest BCUT2D eigenvalue weighted by molar-refractivity contribution is 6.72. The van der Waals surface area contributed by atoms with E-state index in [2.05, 4.69) is 15.4 Å². The minimum absolute atomic E-state index is 0.0263. The van der Waals surface area contributed by atoms with Crippen LogP contribution in [0.1, 0.15) is 30.2 Å². The molecule has 11 nitrogen and oxygen atoms in total. The fourth-order valence-corrected chi connectivity index (χ4v) is 10.3. The number of benzene rings is 3. The molecule has 48 heavy (non-hydrogen) atoms. The lowest BCUT2D eigenvalue weighted by Gasteiger charge is -2.31. The number of halogens is 1. The molecule has 250 valence electrons. The van der Waals surface area contributed by atoms with E-state index in [1.165, 1.54) is 4.68 Å². The van der Waals surface area contributed by atoms with E-state index < -0.39 is 31.6 Å².